The van der Waals surface area contributed by atoms with Gasteiger partial charge in [-0.25, -0.2) is 9.37 Å². The molecule has 0 saturated carbocycles. The minimum atomic E-state index is -0.237. The number of hydrogen-bond acceptors (Lipinski definition) is 4. The van der Waals surface area contributed by atoms with Crippen molar-refractivity contribution in [1.29, 1.82) is 0 Å². The van der Waals surface area contributed by atoms with Gasteiger partial charge in [-0.2, -0.15) is 5.10 Å². The first-order chi connectivity index (χ1) is 13.6. The zero-order valence-electron chi connectivity index (χ0n) is 15.7. The minimum absolute atomic E-state index is 0.104. The number of nitrogens with zero attached hydrogens (tertiary/aromatic N) is 3. The summed E-state index contributed by atoms with van der Waals surface area (Å²) in [6.45, 7) is 3.43. The zero-order valence-corrected chi connectivity index (χ0v) is 15.7. The number of rotatable bonds is 5. The Morgan fingerprint density at radius 2 is 2.21 bits per heavy atom. The van der Waals surface area contributed by atoms with Crippen LogP contribution in [0.5, 0.6) is 0 Å². The number of aromatic amines is 1. The summed E-state index contributed by atoms with van der Waals surface area (Å²) in [6.07, 6.45) is 4.45. The molecule has 0 radical (unpaired) electrons. The van der Waals surface area contributed by atoms with Gasteiger partial charge in [0.15, 0.2) is 0 Å². The second-order valence-electron chi connectivity index (χ2n) is 7.02. The van der Waals surface area contributed by atoms with Crippen molar-refractivity contribution in [2.24, 2.45) is 0 Å². The van der Waals surface area contributed by atoms with Crippen LogP contribution in [0.4, 0.5) is 10.2 Å². The Kier molecular flexibility index (Phi) is 5.06. The van der Waals surface area contributed by atoms with Gasteiger partial charge in [0, 0.05) is 55.5 Å². The lowest BCUT2D eigenvalue weighted by atomic mass is 9.97. The first-order valence-electron chi connectivity index (χ1n) is 9.34. The summed E-state index contributed by atoms with van der Waals surface area (Å²) in [6, 6.07) is 10.6. The molecule has 1 saturated heterocycles. The molecule has 3 aromatic rings. The van der Waals surface area contributed by atoms with Gasteiger partial charge in [-0.05, 0) is 30.2 Å². The molecule has 1 aliphatic heterocycles. The topological polar surface area (TPSA) is 73.9 Å². The van der Waals surface area contributed by atoms with Crippen LogP contribution in [0.3, 0.4) is 0 Å². The van der Waals surface area contributed by atoms with Crippen molar-refractivity contribution in [3.8, 4) is 11.1 Å². The lowest BCUT2D eigenvalue weighted by molar-refractivity contribution is -0.127. The van der Waals surface area contributed by atoms with E-state index in [2.05, 4.69) is 20.5 Å². The molecule has 0 aliphatic carbocycles. The first kappa shape index (κ1) is 18.2. The van der Waals surface area contributed by atoms with Gasteiger partial charge in [0.05, 0.1) is 6.20 Å². The maximum absolute atomic E-state index is 13.8. The molecule has 6 nitrogen and oxygen atoms in total. The van der Waals surface area contributed by atoms with Crippen LogP contribution in [0, 0.1) is 5.82 Å². The lowest BCUT2D eigenvalue weighted by Crippen LogP contribution is -2.25. The highest BCUT2D eigenvalue weighted by atomic mass is 19.1. The molecule has 1 atom stereocenters. The van der Waals surface area contributed by atoms with Crippen LogP contribution in [-0.4, -0.2) is 39.1 Å². The first-order valence-corrected chi connectivity index (χ1v) is 9.34. The van der Waals surface area contributed by atoms with E-state index in [-0.39, 0.29) is 17.6 Å². The molecule has 1 aromatic carbocycles. The molecule has 2 N–H and O–H groups in total. The SMILES string of the molecule is CC(=O)N1CCC(c2[nH]ncc2-c2ccnc(NCc3ccccc3F)c2)C1. The molecule has 1 aliphatic rings. The normalized spacial score (nSPS) is 16.4. The molecular formula is C21H22FN5O. The third-order valence-corrected chi connectivity index (χ3v) is 5.20. The third-order valence-electron chi connectivity index (χ3n) is 5.20. The Morgan fingerprint density at radius 3 is 3.00 bits per heavy atom. The van der Waals surface area contributed by atoms with Crippen LogP contribution in [0.2, 0.25) is 0 Å². The van der Waals surface area contributed by atoms with E-state index in [4.69, 9.17) is 0 Å². The Hall–Kier alpha value is -3.22. The molecule has 1 unspecified atom stereocenters. The molecule has 2 aromatic heterocycles. The zero-order chi connectivity index (χ0) is 19.5. The Bertz CT molecular complexity index is 986. The number of carbonyl (C=O) groups is 1. The van der Waals surface area contributed by atoms with Crippen molar-refractivity contribution < 1.29 is 9.18 Å². The summed E-state index contributed by atoms with van der Waals surface area (Å²) < 4.78 is 13.8. The van der Waals surface area contributed by atoms with Crippen molar-refractivity contribution >= 4 is 11.7 Å². The number of aromatic nitrogens is 3. The molecule has 28 heavy (non-hydrogen) atoms. The summed E-state index contributed by atoms with van der Waals surface area (Å²) in [7, 11) is 0. The monoisotopic (exact) mass is 379 g/mol. The number of anilines is 1. The van der Waals surface area contributed by atoms with Gasteiger partial charge in [-0.3, -0.25) is 9.89 Å². The van der Waals surface area contributed by atoms with E-state index in [1.807, 2.05) is 29.3 Å². The van der Waals surface area contributed by atoms with E-state index in [0.717, 1.165) is 29.8 Å². The second kappa shape index (κ2) is 7.80. The van der Waals surface area contributed by atoms with Gasteiger partial charge in [-0.15, -0.1) is 0 Å². The third kappa shape index (κ3) is 3.74. The fraction of sp³-hybridized carbons (Fsp3) is 0.286. The van der Waals surface area contributed by atoms with Crippen LogP contribution in [0.25, 0.3) is 11.1 Å². The van der Waals surface area contributed by atoms with Crippen molar-refractivity contribution in [2.45, 2.75) is 25.8 Å². The molecule has 4 rings (SSSR count). The van der Waals surface area contributed by atoms with Crippen LogP contribution in [0.1, 0.15) is 30.5 Å². The number of benzene rings is 1. The average Bonchev–Trinajstić information content (AvgIpc) is 3.37. The van der Waals surface area contributed by atoms with Crippen LogP contribution in [-0.2, 0) is 11.3 Å². The number of H-pyrrole nitrogens is 1. The number of nitrogens with one attached hydrogen (secondary N) is 2. The summed E-state index contributed by atoms with van der Waals surface area (Å²) >= 11 is 0. The summed E-state index contributed by atoms with van der Waals surface area (Å²) in [5.41, 5.74) is 3.62. The molecule has 0 bridgehead atoms. The summed E-state index contributed by atoms with van der Waals surface area (Å²) in [5, 5.41) is 10.5. The van der Waals surface area contributed by atoms with Gasteiger partial charge in [0.25, 0.3) is 0 Å². The number of likely N-dealkylation sites (tertiary alicyclic amines) is 1. The number of pyridine rings is 1. The second-order valence-corrected chi connectivity index (χ2v) is 7.02. The number of amides is 1. The summed E-state index contributed by atoms with van der Waals surface area (Å²) in [4.78, 5) is 17.8. The molecule has 0 spiro atoms. The van der Waals surface area contributed by atoms with Gasteiger partial charge >= 0.3 is 0 Å². The van der Waals surface area contributed by atoms with E-state index < -0.39 is 0 Å². The fourth-order valence-electron chi connectivity index (χ4n) is 3.64. The smallest absolute Gasteiger partial charge is 0.219 e. The van der Waals surface area contributed by atoms with E-state index in [1.54, 1.807) is 25.3 Å². The number of carbonyl (C=O) groups excluding carboxylic acids is 1. The van der Waals surface area contributed by atoms with Crippen LogP contribution >= 0.6 is 0 Å². The Balaban J connectivity index is 1.52. The molecule has 7 heteroatoms. The van der Waals surface area contributed by atoms with E-state index in [9.17, 15) is 9.18 Å². The molecule has 144 valence electrons. The Labute approximate surface area is 162 Å². The molecule has 1 fully saturated rings. The van der Waals surface area contributed by atoms with E-state index in [0.29, 0.717) is 24.5 Å². The predicted molar refractivity (Wildman–Crippen MR) is 105 cm³/mol. The number of halogens is 1. The number of hydrogen-bond donors (Lipinski definition) is 2. The Morgan fingerprint density at radius 1 is 1.36 bits per heavy atom. The van der Waals surface area contributed by atoms with Gasteiger partial charge in [0.2, 0.25) is 5.91 Å². The van der Waals surface area contributed by atoms with Crippen molar-refractivity contribution in [2.75, 3.05) is 18.4 Å². The largest absolute Gasteiger partial charge is 0.366 e. The highest BCUT2D eigenvalue weighted by Crippen LogP contribution is 2.33. The average molecular weight is 379 g/mol. The summed E-state index contributed by atoms with van der Waals surface area (Å²) in [5.74, 6) is 0.778. The van der Waals surface area contributed by atoms with E-state index in [1.165, 1.54) is 6.07 Å². The van der Waals surface area contributed by atoms with Crippen molar-refractivity contribution in [1.82, 2.24) is 20.1 Å². The highest BCUT2D eigenvalue weighted by molar-refractivity contribution is 5.74. The van der Waals surface area contributed by atoms with Crippen molar-refractivity contribution in [3.63, 3.8) is 0 Å². The quantitative estimate of drug-likeness (QED) is 0.711. The van der Waals surface area contributed by atoms with Gasteiger partial charge < -0.3 is 10.2 Å². The molecule has 1 amide bonds. The maximum atomic E-state index is 13.8. The molecule has 3 heterocycles. The maximum Gasteiger partial charge on any atom is 0.219 e. The van der Waals surface area contributed by atoms with E-state index >= 15 is 0 Å². The van der Waals surface area contributed by atoms with Crippen LogP contribution < -0.4 is 5.32 Å². The van der Waals surface area contributed by atoms with Gasteiger partial charge in [0.1, 0.15) is 11.6 Å². The van der Waals surface area contributed by atoms with Crippen molar-refractivity contribution in [3.05, 3.63) is 65.9 Å². The van der Waals surface area contributed by atoms with Gasteiger partial charge in [-0.1, -0.05) is 18.2 Å². The standard InChI is InChI=1S/C21H22FN5O/c1-14(28)27-9-7-17(13-27)21-18(12-25-26-21)15-6-8-23-20(10-15)24-11-16-4-2-3-5-19(16)22/h2-6,8,10,12,17H,7,9,11,13H2,1H3,(H,23,24)(H,25,26). The minimum Gasteiger partial charge on any atom is -0.366 e. The molecular weight excluding hydrogens is 357 g/mol. The fourth-order valence-corrected chi connectivity index (χ4v) is 3.64. The highest BCUT2D eigenvalue weighted by Gasteiger charge is 2.28. The lowest BCUT2D eigenvalue weighted by Gasteiger charge is -2.14. The van der Waals surface area contributed by atoms with Crippen LogP contribution in [0.15, 0.2) is 48.8 Å². The predicted octanol–water partition coefficient (Wildman–Crippen LogP) is 3.56.